The molecule has 0 spiro atoms. The van der Waals surface area contributed by atoms with Gasteiger partial charge in [0, 0.05) is 5.39 Å². The van der Waals surface area contributed by atoms with E-state index in [1.165, 1.54) is 27.6 Å². The molecule has 1 fully saturated rings. The van der Waals surface area contributed by atoms with Gasteiger partial charge in [0.25, 0.3) is 0 Å². The van der Waals surface area contributed by atoms with Gasteiger partial charge in [-0.3, -0.25) is 4.79 Å². The van der Waals surface area contributed by atoms with Crippen molar-refractivity contribution >= 4 is 41.7 Å². The van der Waals surface area contributed by atoms with Crippen LogP contribution in [0.3, 0.4) is 0 Å². The Hall–Kier alpha value is -3.41. The Kier molecular flexibility index (Phi) is 10.1. The number of nitrogens with zero attached hydrogens (tertiary/aromatic N) is 1. The molecule has 5 rings (SSSR count). The molecule has 41 heavy (non-hydrogen) atoms. The zero-order chi connectivity index (χ0) is 29.5. The molecule has 3 aromatic carbocycles. The summed E-state index contributed by atoms with van der Waals surface area (Å²) in [7, 11) is 0. The van der Waals surface area contributed by atoms with Crippen molar-refractivity contribution in [1.29, 1.82) is 0 Å². The maximum atomic E-state index is 10.4. The SMILES string of the molecule is Cc1ccc2ccc(/C=C/c3cccc(CCCc4ccccc4C(C)(C)O)c3)nc2c1.O=C(O)CC1(CS)CC1. The lowest BCUT2D eigenvalue weighted by Gasteiger charge is -2.21. The number of aryl methyl sites for hydroxylation is 3. The first-order chi connectivity index (χ1) is 19.6. The summed E-state index contributed by atoms with van der Waals surface area (Å²) in [6.07, 6.45) is 9.63. The van der Waals surface area contributed by atoms with Crippen molar-refractivity contribution < 1.29 is 15.0 Å². The number of rotatable bonds is 10. The highest BCUT2D eigenvalue weighted by Crippen LogP contribution is 2.49. The van der Waals surface area contributed by atoms with Crippen molar-refractivity contribution in [2.45, 2.75) is 64.9 Å². The molecule has 0 radical (unpaired) electrons. The second-order valence-corrected chi connectivity index (χ2v) is 12.1. The Morgan fingerprint density at radius 2 is 1.73 bits per heavy atom. The molecule has 1 aliphatic carbocycles. The van der Waals surface area contributed by atoms with Crippen LogP contribution in [0.2, 0.25) is 0 Å². The van der Waals surface area contributed by atoms with E-state index < -0.39 is 11.6 Å². The quantitative estimate of drug-likeness (QED) is 0.169. The van der Waals surface area contributed by atoms with Crippen LogP contribution in [0.1, 0.15) is 73.0 Å². The van der Waals surface area contributed by atoms with E-state index in [2.05, 4.69) is 98.4 Å². The number of aliphatic hydroxyl groups is 1. The molecular formula is C36H41NO3S. The highest BCUT2D eigenvalue weighted by molar-refractivity contribution is 7.80. The Bertz CT molecular complexity index is 1520. The summed E-state index contributed by atoms with van der Waals surface area (Å²) >= 11 is 4.07. The summed E-state index contributed by atoms with van der Waals surface area (Å²) in [4.78, 5) is 15.0. The number of fused-ring (bicyclic) bond motifs is 1. The average molecular weight is 568 g/mol. The molecule has 1 aromatic heterocycles. The number of hydrogen-bond donors (Lipinski definition) is 3. The van der Waals surface area contributed by atoms with Gasteiger partial charge in [-0.25, -0.2) is 4.98 Å². The molecule has 5 heteroatoms. The predicted molar refractivity (Wildman–Crippen MR) is 173 cm³/mol. The monoisotopic (exact) mass is 567 g/mol. The van der Waals surface area contributed by atoms with Crippen LogP contribution in [0.15, 0.2) is 78.9 Å². The van der Waals surface area contributed by atoms with Crippen molar-refractivity contribution in [3.63, 3.8) is 0 Å². The van der Waals surface area contributed by atoms with Crippen molar-refractivity contribution in [3.8, 4) is 0 Å². The van der Waals surface area contributed by atoms with E-state index in [9.17, 15) is 9.90 Å². The smallest absolute Gasteiger partial charge is 0.303 e. The van der Waals surface area contributed by atoms with E-state index in [0.29, 0.717) is 6.42 Å². The first-order valence-electron chi connectivity index (χ1n) is 14.3. The lowest BCUT2D eigenvalue weighted by atomic mass is 9.90. The van der Waals surface area contributed by atoms with E-state index >= 15 is 0 Å². The fourth-order valence-electron chi connectivity index (χ4n) is 5.08. The van der Waals surface area contributed by atoms with Gasteiger partial charge < -0.3 is 10.2 Å². The maximum Gasteiger partial charge on any atom is 0.303 e. The molecule has 0 unspecified atom stereocenters. The Balaban J connectivity index is 0.000000367. The standard InChI is InChI=1S/C30H31NO.C6H10O2S/c1-22-14-16-26-17-19-27(31-29(26)20-22)18-15-24-9-6-8-23(21-24)10-7-12-25-11-4-5-13-28(25)30(2,3)32;7-5(8)3-6(4-9)1-2-6/h4-6,8-9,11,13-21,32H,7,10,12H2,1-3H3;9H,1-4H2,(H,7,8)/b18-15+;. The van der Waals surface area contributed by atoms with Crippen molar-refractivity contribution in [1.82, 2.24) is 4.98 Å². The highest BCUT2D eigenvalue weighted by Gasteiger charge is 2.42. The lowest BCUT2D eigenvalue weighted by Crippen LogP contribution is -2.18. The third-order valence-corrected chi connectivity index (χ3v) is 8.34. The third kappa shape index (κ3) is 9.04. The van der Waals surface area contributed by atoms with E-state index in [-0.39, 0.29) is 5.41 Å². The van der Waals surface area contributed by atoms with Gasteiger partial charge in [-0.05, 0) is 110 Å². The first-order valence-corrected chi connectivity index (χ1v) is 15.0. The molecule has 214 valence electrons. The molecule has 4 nitrogen and oxygen atoms in total. The largest absolute Gasteiger partial charge is 0.481 e. The van der Waals surface area contributed by atoms with Crippen LogP contribution in [-0.4, -0.2) is 26.9 Å². The number of carboxylic acid groups (broad SMARTS) is 1. The fraction of sp³-hybridized carbons (Fsp3) is 0.333. The molecule has 0 saturated heterocycles. The van der Waals surface area contributed by atoms with Crippen molar-refractivity contribution in [2.75, 3.05) is 5.75 Å². The van der Waals surface area contributed by atoms with E-state index in [4.69, 9.17) is 10.1 Å². The summed E-state index contributed by atoms with van der Waals surface area (Å²) in [5.41, 5.74) is 7.27. The summed E-state index contributed by atoms with van der Waals surface area (Å²) < 4.78 is 0. The minimum absolute atomic E-state index is 0.0783. The van der Waals surface area contributed by atoms with E-state index in [0.717, 1.165) is 54.6 Å². The zero-order valence-corrected chi connectivity index (χ0v) is 25.2. The molecule has 0 bridgehead atoms. The van der Waals surface area contributed by atoms with Crippen LogP contribution in [0.25, 0.3) is 23.1 Å². The number of benzene rings is 3. The number of carboxylic acids is 1. The summed E-state index contributed by atoms with van der Waals surface area (Å²) in [6, 6.07) is 27.5. The molecule has 1 heterocycles. The number of pyridine rings is 1. The van der Waals surface area contributed by atoms with Gasteiger partial charge in [0.1, 0.15) is 0 Å². The normalized spacial score (nSPS) is 14.1. The predicted octanol–water partition coefficient (Wildman–Crippen LogP) is 8.29. The number of hydrogen-bond acceptors (Lipinski definition) is 4. The zero-order valence-electron chi connectivity index (χ0n) is 24.3. The Labute approximate surface area is 249 Å². The van der Waals surface area contributed by atoms with Gasteiger partial charge in [0.05, 0.1) is 23.2 Å². The highest BCUT2D eigenvalue weighted by atomic mass is 32.1. The van der Waals surface area contributed by atoms with Gasteiger partial charge in [0.15, 0.2) is 0 Å². The van der Waals surface area contributed by atoms with Crippen LogP contribution >= 0.6 is 12.6 Å². The Morgan fingerprint density at radius 1 is 0.976 bits per heavy atom. The van der Waals surface area contributed by atoms with Crippen LogP contribution < -0.4 is 0 Å². The van der Waals surface area contributed by atoms with Crippen LogP contribution in [0, 0.1) is 12.3 Å². The van der Waals surface area contributed by atoms with Crippen molar-refractivity contribution in [2.24, 2.45) is 5.41 Å². The second-order valence-electron chi connectivity index (χ2n) is 11.8. The number of aromatic nitrogens is 1. The average Bonchev–Trinajstić information content (AvgIpc) is 3.71. The minimum Gasteiger partial charge on any atom is -0.481 e. The van der Waals surface area contributed by atoms with Gasteiger partial charge >= 0.3 is 5.97 Å². The van der Waals surface area contributed by atoms with Gasteiger partial charge in [-0.1, -0.05) is 72.8 Å². The number of aliphatic carboxylic acids is 1. The van der Waals surface area contributed by atoms with Gasteiger partial charge in [-0.2, -0.15) is 12.6 Å². The second kappa shape index (κ2) is 13.5. The van der Waals surface area contributed by atoms with Crippen molar-refractivity contribution in [3.05, 3.63) is 112 Å². The topological polar surface area (TPSA) is 70.4 Å². The first kappa shape index (κ1) is 30.5. The lowest BCUT2D eigenvalue weighted by molar-refractivity contribution is -0.138. The molecule has 0 amide bonds. The third-order valence-electron chi connectivity index (χ3n) is 7.67. The summed E-state index contributed by atoms with van der Waals surface area (Å²) in [6.45, 7) is 5.80. The fourth-order valence-corrected chi connectivity index (χ4v) is 5.50. The Morgan fingerprint density at radius 3 is 2.41 bits per heavy atom. The maximum absolute atomic E-state index is 10.4. The number of carbonyl (C=O) groups is 1. The van der Waals surface area contributed by atoms with Crippen LogP contribution in [0.4, 0.5) is 0 Å². The van der Waals surface area contributed by atoms with Crippen LogP contribution in [-0.2, 0) is 23.2 Å². The molecule has 0 aliphatic heterocycles. The molecule has 0 atom stereocenters. The summed E-state index contributed by atoms with van der Waals surface area (Å²) in [5.74, 6) is 0.0285. The van der Waals surface area contributed by atoms with Gasteiger partial charge in [-0.15, -0.1) is 0 Å². The molecule has 4 aromatic rings. The van der Waals surface area contributed by atoms with E-state index in [1.807, 2.05) is 26.0 Å². The minimum atomic E-state index is -0.809. The molecule has 1 aliphatic rings. The van der Waals surface area contributed by atoms with Crippen LogP contribution in [0.5, 0.6) is 0 Å². The number of thiol groups is 1. The molecule has 2 N–H and O–H groups in total. The summed E-state index contributed by atoms with van der Waals surface area (Å²) in [5, 5.41) is 20.0. The van der Waals surface area contributed by atoms with E-state index in [1.54, 1.807) is 0 Å². The molecule has 1 saturated carbocycles. The molecular weight excluding hydrogens is 526 g/mol. The van der Waals surface area contributed by atoms with Gasteiger partial charge in [0.2, 0.25) is 0 Å².